The minimum atomic E-state index is -0.507. The van der Waals surface area contributed by atoms with Crippen LogP contribution in [0.1, 0.15) is 46.3 Å². The number of halogens is 1. The molecule has 2 heterocycles. The normalized spacial score (nSPS) is 18.0. The Kier molecular flexibility index (Phi) is 5.22. The van der Waals surface area contributed by atoms with Crippen LogP contribution in [-0.4, -0.2) is 35.3 Å². The summed E-state index contributed by atoms with van der Waals surface area (Å²) in [6, 6.07) is 11.4. The quantitative estimate of drug-likeness (QED) is 0.656. The van der Waals surface area contributed by atoms with E-state index in [1.165, 1.54) is 0 Å². The van der Waals surface area contributed by atoms with Crippen molar-refractivity contribution in [3.05, 3.63) is 69.8 Å². The molecule has 4 rings (SSSR count). The average molecular weight is 410 g/mol. The number of amides is 1. The lowest BCUT2D eigenvalue weighted by atomic mass is 9.81. The van der Waals surface area contributed by atoms with Crippen molar-refractivity contribution in [1.82, 2.24) is 4.90 Å². The van der Waals surface area contributed by atoms with Gasteiger partial charge in [0.15, 0.2) is 5.78 Å². The summed E-state index contributed by atoms with van der Waals surface area (Å²) < 4.78 is 6.40. The number of Topliss-reactive ketones (excluding diaryl/α,β-unsaturated/α-hetero) is 1. The molecule has 2 aromatic rings. The number of carbonyl (C=O) groups excluding carboxylic acids is 2. The number of piperidine rings is 1. The number of nitrogens with zero attached hydrogens (tertiary/aromatic N) is 1. The van der Waals surface area contributed by atoms with Gasteiger partial charge in [0.1, 0.15) is 11.4 Å². The molecule has 29 heavy (non-hydrogen) atoms. The van der Waals surface area contributed by atoms with Crippen molar-refractivity contribution in [3.8, 4) is 5.75 Å². The number of benzene rings is 2. The number of aryl methyl sites for hydroxylation is 2. The first-order chi connectivity index (χ1) is 13.9. The number of carbonyl (C=O) groups is 2. The van der Waals surface area contributed by atoms with Gasteiger partial charge in [-0.25, -0.2) is 0 Å². The molecule has 0 saturated carbocycles. The van der Waals surface area contributed by atoms with Gasteiger partial charge in [-0.15, -0.1) is 0 Å². The van der Waals surface area contributed by atoms with Crippen molar-refractivity contribution in [1.29, 1.82) is 0 Å². The molecule has 0 atom stereocenters. The SMILES string of the molecule is Cc1cc(C)c2c(c1)C(=O)CC1(CCN(C(=O)/C=C/c3ccccc3Cl)CC1)O2. The molecule has 150 valence electrons. The molecule has 0 radical (unpaired) electrons. The number of fused-ring (bicyclic) bond motifs is 1. The molecule has 2 aromatic carbocycles. The van der Waals surface area contributed by atoms with Crippen molar-refractivity contribution < 1.29 is 14.3 Å². The maximum Gasteiger partial charge on any atom is 0.246 e. The Morgan fingerprint density at radius 1 is 1.17 bits per heavy atom. The van der Waals surface area contributed by atoms with Gasteiger partial charge in [0, 0.05) is 37.0 Å². The fraction of sp³-hybridized carbons (Fsp3) is 0.333. The number of rotatable bonds is 2. The molecule has 1 spiro atoms. The second kappa shape index (κ2) is 7.68. The lowest BCUT2D eigenvalue weighted by molar-refractivity contribution is -0.129. The zero-order valence-corrected chi connectivity index (χ0v) is 17.5. The van der Waals surface area contributed by atoms with Gasteiger partial charge >= 0.3 is 0 Å². The summed E-state index contributed by atoms with van der Waals surface area (Å²) in [5.74, 6) is 0.802. The van der Waals surface area contributed by atoms with Crippen LogP contribution in [0.5, 0.6) is 5.75 Å². The Labute approximate surface area is 176 Å². The molecule has 2 aliphatic heterocycles. The molecular weight excluding hydrogens is 386 g/mol. The maximum atomic E-state index is 12.8. The molecule has 0 aliphatic carbocycles. The summed E-state index contributed by atoms with van der Waals surface area (Å²) in [7, 11) is 0. The van der Waals surface area contributed by atoms with Crippen molar-refractivity contribution >= 4 is 29.4 Å². The van der Waals surface area contributed by atoms with Gasteiger partial charge in [0.05, 0.1) is 12.0 Å². The van der Waals surface area contributed by atoms with E-state index < -0.39 is 5.60 Å². The number of ether oxygens (including phenoxy) is 1. The number of hydrogen-bond acceptors (Lipinski definition) is 3. The first-order valence-corrected chi connectivity index (χ1v) is 10.3. The number of ketones is 1. The monoisotopic (exact) mass is 409 g/mol. The minimum Gasteiger partial charge on any atom is -0.486 e. The summed E-state index contributed by atoms with van der Waals surface area (Å²) in [5.41, 5.74) is 3.07. The predicted octanol–water partition coefficient (Wildman–Crippen LogP) is 5.00. The molecule has 0 unspecified atom stereocenters. The summed E-state index contributed by atoms with van der Waals surface area (Å²) in [4.78, 5) is 27.2. The Morgan fingerprint density at radius 3 is 2.62 bits per heavy atom. The molecule has 0 N–H and O–H groups in total. The van der Waals surface area contributed by atoms with Crippen LogP contribution in [-0.2, 0) is 4.79 Å². The van der Waals surface area contributed by atoms with Crippen LogP contribution in [0.4, 0.5) is 0 Å². The van der Waals surface area contributed by atoms with Crippen molar-refractivity contribution in [3.63, 3.8) is 0 Å². The summed E-state index contributed by atoms with van der Waals surface area (Å²) in [5, 5.41) is 0.618. The van der Waals surface area contributed by atoms with Crippen molar-refractivity contribution in [2.24, 2.45) is 0 Å². The Bertz CT molecular complexity index is 1000. The average Bonchev–Trinajstić information content (AvgIpc) is 2.69. The van der Waals surface area contributed by atoms with Crippen LogP contribution >= 0.6 is 11.6 Å². The van der Waals surface area contributed by atoms with Crippen molar-refractivity contribution in [2.75, 3.05) is 13.1 Å². The van der Waals surface area contributed by atoms with Crippen LogP contribution < -0.4 is 4.74 Å². The van der Waals surface area contributed by atoms with Gasteiger partial charge < -0.3 is 9.64 Å². The molecule has 0 aromatic heterocycles. The molecule has 1 saturated heterocycles. The summed E-state index contributed by atoms with van der Waals surface area (Å²) >= 11 is 6.14. The fourth-order valence-corrected chi connectivity index (χ4v) is 4.43. The van der Waals surface area contributed by atoms with Crippen LogP contribution in [0.15, 0.2) is 42.5 Å². The van der Waals surface area contributed by atoms with Crippen LogP contribution in [0.2, 0.25) is 5.02 Å². The second-order valence-electron chi connectivity index (χ2n) is 8.02. The van der Waals surface area contributed by atoms with E-state index >= 15 is 0 Å². The highest BCUT2D eigenvalue weighted by Crippen LogP contribution is 2.41. The van der Waals surface area contributed by atoms with Gasteiger partial charge in [0.2, 0.25) is 5.91 Å². The Morgan fingerprint density at radius 2 is 1.90 bits per heavy atom. The molecule has 1 fully saturated rings. The number of hydrogen-bond donors (Lipinski definition) is 0. The highest BCUT2D eigenvalue weighted by atomic mass is 35.5. The molecular formula is C24H24ClNO3. The fourth-order valence-electron chi connectivity index (χ4n) is 4.23. The van der Waals surface area contributed by atoms with Gasteiger partial charge in [-0.1, -0.05) is 35.9 Å². The minimum absolute atomic E-state index is 0.0471. The molecule has 0 bridgehead atoms. The maximum absolute atomic E-state index is 12.8. The van der Waals surface area contributed by atoms with Gasteiger partial charge in [0.25, 0.3) is 0 Å². The van der Waals surface area contributed by atoms with Crippen molar-refractivity contribution in [2.45, 2.75) is 38.7 Å². The van der Waals surface area contributed by atoms with Crippen LogP contribution in [0.3, 0.4) is 0 Å². The highest BCUT2D eigenvalue weighted by molar-refractivity contribution is 6.32. The lowest BCUT2D eigenvalue weighted by Gasteiger charge is -2.44. The van der Waals surface area contributed by atoms with Crippen LogP contribution in [0.25, 0.3) is 6.08 Å². The smallest absolute Gasteiger partial charge is 0.246 e. The van der Waals surface area contributed by atoms with E-state index in [1.807, 2.05) is 49.1 Å². The first kappa shape index (κ1) is 19.7. The summed E-state index contributed by atoms with van der Waals surface area (Å²) in [6.07, 6.45) is 4.99. The molecule has 1 amide bonds. The zero-order valence-electron chi connectivity index (χ0n) is 16.7. The summed E-state index contributed by atoms with van der Waals surface area (Å²) in [6.45, 7) is 5.11. The zero-order chi connectivity index (χ0) is 20.6. The van der Waals surface area contributed by atoms with E-state index in [2.05, 4.69) is 0 Å². The van der Waals surface area contributed by atoms with E-state index in [4.69, 9.17) is 16.3 Å². The second-order valence-corrected chi connectivity index (χ2v) is 8.43. The Hall–Kier alpha value is -2.59. The van der Waals surface area contributed by atoms with Gasteiger partial charge in [-0.05, 0) is 48.7 Å². The van der Waals surface area contributed by atoms with Crippen LogP contribution in [0, 0.1) is 13.8 Å². The van der Waals surface area contributed by atoms with E-state index in [0.717, 1.165) is 16.7 Å². The lowest BCUT2D eigenvalue weighted by Crippen LogP contribution is -2.52. The van der Waals surface area contributed by atoms with E-state index in [-0.39, 0.29) is 11.7 Å². The molecule has 5 heteroatoms. The predicted molar refractivity (Wildman–Crippen MR) is 115 cm³/mol. The van der Waals surface area contributed by atoms with E-state index in [0.29, 0.717) is 48.7 Å². The first-order valence-electron chi connectivity index (χ1n) is 9.92. The molecule has 2 aliphatic rings. The molecule has 4 nitrogen and oxygen atoms in total. The third-order valence-corrected chi connectivity index (χ3v) is 6.16. The third-order valence-electron chi connectivity index (χ3n) is 5.82. The van der Waals surface area contributed by atoms with Gasteiger partial charge in [-0.2, -0.15) is 0 Å². The highest BCUT2D eigenvalue weighted by Gasteiger charge is 2.44. The van der Waals surface area contributed by atoms with E-state index in [9.17, 15) is 9.59 Å². The topological polar surface area (TPSA) is 46.6 Å². The third kappa shape index (κ3) is 3.95. The Balaban J connectivity index is 1.45. The standard InChI is InChI=1S/C24H24ClNO3/c1-16-13-17(2)23-19(14-16)21(27)15-24(29-23)9-11-26(12-10-24)22(28)8-7-18-5-3-4-6-20(18)25/h3-8,13-14H,9-12,15H2,1-2H3/b8-7+. The number of likely N-dealkylation sites (tertiary alicyclic amines) is 1. The largest absolute Gasteiger partial charge is 0.486 e. The van der Waals surface area contributed by atoms with E-state index in [1.54, 1.807) is 18.2 Å². The van der Waals surface area contributed by atoms with Gasteiger partial charge in [-0.3, -0.25) is 9.59 Å².